The van der Waals surface area contributed by atoms with E-state index in [-0.39, 0.29) is 5.82 Å². The fraction of sp³-hybridized carbons (Fsp3) is 0. The topological polar surface area (TPSA) is 48.7 Å². The second kappa shape index (κ2) is 4.93. The molecule has 2 aromatic rings. The normalized spacial score (nSPS) is 9.71. The number of pyridine rings is 1. The lowest BCUT2D eigenvalue weighted by Crippen LogP contribution is -1.96. The van der Waals surface area contributed by atoms with Crippen molar-refractivity contribution in [3.05, 3.63) is 52.4 Å². The number of nitrogens with one attached hydrogen (secondary N) is 1. The Hall–Kier alpha value is -1.93. The number of nitrogens with zero attached hydrogens (tertiary/aromatic N) is 2. The number of benzene rings is 1. The van der Waals surface area contributed by atoms with Crippen LogP contribution in [0.25, 0.3) is 0 Å². The van der Waals surface area contributed by atoms with Gasteiger partial charge in [-0.25, -0.2) is 9.37 Å². The first-order valence-corrected chi connectivity index (χ1v) is 5.56. The molecule has 1 heterocycles. The number of rotatable bonds is 2. The van der Waals surface area contributed by atoms with Crippen LogP contribution in [0.5, 0.6) is 0 Å². The summed E-state index contributed by atoms with van der Waals surface area (Å²) >= 11 is 3.24. The molecule has 5 heteroatoms. The molecule has 1 aromatic carbocycles. The maximum Gasteiger partial charge on any atom is 0.148 e. The summed E-state index contributed by atoms with van der Waals surface area (Å²) in [5.41, 5.74) is 1.10. The van der Waals surface area contributed by atoms with Crippen LogP contribution in [0.3, 0.4) is 0 Å². The summed E-state index contributed by atoms with van der Waals surface area (Å²) in [5.74, 6) is 0.141. The molecule has 0 saturated carbocycles. The van der Waals surface area contributed by atoms with Gasteiger partial charge in [0.25, 0.3) is 0 Å². The van der Waals surface area contributed by atoms with E-state index in [9.17, 15) is 4.39 Å². The predicted octanol–water partition coefficient (Wildman–Crippen LogP) is 3.60. The molecule has 1 aromatic heterocycles. The maximum atomic E-state index is 12.7. The molecule has 0 fully saturated rings. The molecule has 0 spiro atoms. The number of nitriles is 1. The first-order valence-electron chi connectivity index (χ1n) is 4.77. The lowest BCUT2D eigenvalue weighted by atomic mass is 10.2. The summed E-state index contributed by atoms with van der Waals surface area (Å²) in [5, 5.41) is 11.9. The fourth-order valence-electron chi connectivity index (χ4n) is 1.29. The highest BCUT2D eigenvalue weighted by Crippen LogP contribution is 2.21. The van der Waals surface area contributed by atoms with Gasteiger partial charge in [0, 0.05) is 16.4 Å². The van der Waals surface area contributed by atoms with Crippen molar-refractivity contribution in [1.82, 2.24) is 4.98 Å². The highest BCUT2D eigenvalue weighted by atomic mass is 79.9. The minimum atomic E-state index is -0.306. The molecular formula is C12H7BrFN3. The average Bonchev–Trinajstić information content (AvgIpc) is 2.34. The van der Waals surface area contributed by atoms with Gasteiger partial charge in [0.05, 0.1) is 5.56 Å². The van der Waals surface area contributed by atoms with E-state index in [0.717, 1.165) is 4.47 Å². The van der Waals surface area contributed by atoms with Crippen molar-refractivity contribution in [1.29, 1.82) is 5.26 Å². The van der Waals surface area contributed by atoms with Gasteiger partial charge < -0.3 is 5.32 Å². The van der Waals surface area contributed by atoms with Gasteiger partial charge in [-0.2, -0.15) is 5.26 Å². The Bertz CT molecular complexity index is 575. The Morgan fingerprint density at radius 3 is 2.65 bits per heavy atom. The van der Waals surface area contributed by atoms with E-state index in [1.165, 1.54) is 12.1 Å². The lowest BCUT2D eigenvalue weighted by molar-refractivity contribution is 0.628. The Balaban J connectivity index is 2.30. The number of aromatic nitrogens is 1. The molecule has 0 unspecified atom stereocenters. The highest BCUT2D eigenvalue weighted by Gasteiger charge is 2.04. The van der Waals surface area contributed by atoms with Crippen molar-refractivity contribution in [2.45, 2.75) is 0 Å². The fourth-order valence-corrected chi connectivity index (χ4v) is 1.63. The molecule has 0 aliphatic heterocycles. The third-order valence-electron chi connectivity index (χ3n) is 2.08. The third-order valence-corrected chi connectivity index (χ3v) is 2.52. The van der Waals surface area contributed by atoms with E-state index in [2.05, 4.69) is 26.2 Å². The molecule has 17 heavy (non-hydrogen) atoms. The molecule has 0 aliphatic carbocycles. The average molecular weight is 292 g/mol. The van der Waals surface area contributed by atoms with Crippen molar-refractivity contribution >= 4 is 27.4 Å². The minimum Gasteiger partial charge on any atom is -0.339 e. The van der Waals surface area contributed by atoms with Crippen molar-refractivity contribution < 1.29 is 4.39 Å². The summed E-state index contributed by atoms with van der Waals surface area (Å²) in [4.78, 5) is 4.09. The SMILES string of the molecule is N#Cc1cc(Br)cnc1Nc1ccc(F)cc1. The van der Waals surface area contributed by atoms with Crippen molar-refractivity contribution in [3.63, 3.8) is 0 Å². The van der Waals surface area contributed by atoms with Gasteiger partial charge in [0.1, 0.15) is 17.7 Å². The van der Waals surface area contributed by atoms with Gasteiger partial charge in [-0.05, 0) is 46.3 Å². The van der Waals surface area contributed by atoms with E-state index in [1.807, 2.05) is 6.07 Å². The van der Waals surface area contributed by atoms with Gasteiger partial charge >= 0.3 is 0 Å². The minimum absolute atomic E-state index is 0.306. The Morgan fingerprint density at radius 1 is 1.29 bits per heavy atom. The van der Waals surface area contributed by atoms with Crippen LogP contribution < -0.4 is 5.32 Å². The molecule has 0 saturated heterocycles. The predicted molar refractivity (Wildman–Crippen MR) is 66.3 cm³/mol. The number of anilines is 2. The second-order valence-corrected chi connectivity index (χ2v) is 4.21. The maximum absolute atomic E-state index is 12.7. The van der Waals surface area contributed by atoms with Gasteiger partial charge in [-0.1, -0.05) is 0 Å². The van der Waals surface area contributed by atoms with E-state index < -0.39 is 0 Å². The third kappa shape index (κ3) is 2.80. The number of hydrogen-bond donors (Lipinski definition) is 1. The Kier molecular flexibility index (Phi) is 3.35. The van der Waals surface area contributed by atoms with Crippen LogP contribution in [0, 0.1) is 17.1 Å². The van der Waals surface area contributed by atoms with Crippen LogP contribution in [0.1, 0.15) is 5.56 Å². The Labute approximate surface area is 106 Å². The van der Waals surface area contributed by atoms with Gasteiger partial charge in [0.2, 0.25) is 0 Å². The van der Waals surface area contributed by atoms with Crippen LogP contribution in [0.4, 0.5) is 15.9 Å². The molecule has 0 radical (unpaired) electrons. The first kappa shape index (κ1) is 11.6. The van der Waals surface area contributed by atoms with Gasteiger partial charge in [0.15, 0.2) is 0 Å². The van der Waals surface area contributed by atoms with Crippen molar-refractivity contribution in [2.75, 3.05) is 5.32 Å². The molecule has 0 amide bonds. The van der Waals surface area contributed by atoms with E-state index >= 15 is 0 Å². The van der Waals surface area contributed by atoms with Crippen LogP contribution in [0.2, 0.25) is 0 Å². The molecule has 2 rings (SSSR count). The molecule has 1 N–H and O–H groups in total. The van der Waals surface area contributed by atoms with E-state index in [0.29, 0.717) is 17.1 Å². The molecule has 0 bridgehead atoms. The largest absolute Gasteiger partial charge is 0.339 e. The zero-order chi connectivity index (χ0) is 12.3. The van der Waals surface area contributed by atoms with Crippen LogP contribution in [0.15, 0.2) is 41.0 Å². The Morgan fingerprint density at radius 2 is 2.00 bits per heavy atom. The molecule has 0 atom stereocenters. The van der Waals surface area contributed by atoms with Gasteiger partial charge in [-0.3, -0.25) is 0 Å². The zero-order valence-corrected chi connectivity index (χ0v) is 10.2. The van der Waals surface area contributed by atoms with Crippen molar-refractivity contribution in [2.24, 2.45) is 0 Å². The standard InChI is InChI=1S/C12H7BrFN3/c13-9-5-8(6-15)12(16-7-9)17-11-3-1-10(14)2-4-11/h1-5,7H,(H,16,17). The number of hydrogen-bond acceptors (Lipinski definition) is 3. The quantitative estimate of drug-likeness (QED) is 0.920. The molecular weight excluding hydrogens is 285 g/mol. The lowest BCUT2D eigenvalue weighted by Gasteiger charge is -2.07. The molecule has 0 aliphatic rings. The summed E-state index contributed by atoms with van der Waals surface area (Å²) < 4.78 is 13.5. The van der Waals surface area contributed by atoms with Crippen LogP contribution in [-0.4, -0.2) is 4.98 Å². The molecule has 84 valence electrons. The highest BCUT2D eigenvalue weighted by molar-refractivity contribution is 9.10. The summed E-state index contributed by atoms with van der Waals surface area (Å²) in [6.07, 6.45) is 1.59. The van der Waals surface area contributed by atoms with Crippen molar-refractivity contribution in [3.8, 4) is 6.07 Å². The molecule has 3 nitrogen and oxygen atoms in total. The second-order valence-electron chi connectivity index (χ2n) is 3.29. The summed E-state index contributed by atoms with van der Waals surface area (Å²) in [6, 6.07) is 9.55. The monoisotopic (exact) mass is 291 g/mol. The zero-order valence-electron chi connectivity index (χ0n) is 8.61. The first-order chi connectivity index (χ1) is 8.19. The summed E-state index contributed by atoms with van der Waals surface area (Å²) in [7, 11) is 0. The van der Waals surface area contributed by atoms with E-state index in [4.69, 9.17) is 5.26 Å². The van der Waals surface area contributed by atoms with Gasteiger partial charge in [-0.15, -0.1) is 0 Å². The van der Waals surface area contributed by atoms with Crippen LogP contribution >= 0.6 is 15.9 Å². The summed E-state index contributed by atoms with van der Waals surface area (Å²) in [6.45, 7) is 0. The smallest absolute Gasteiger partial charge is 0.148 e. The van der Waals surface area contributed by atoms with Crippen LogP contribution in [-0.2, 0) is 0 Å². The van der Waals surface area contributed by atoms with E-state index in [1.54, 1.807) is 24.4 Å². The number of halogens is 2.